The first-order valence-corrected chi connectivity index (χ1v) is 9.01. The second-order valence-corrected chi connectivity index (χ2v) is 6.65. The average Bonchev–Trinajstić information content (AvgIpc) is 2.65. The molecule has 6 nitrogen and oxygen atoms in total. The Morgan fingerprint density at radius 2 is 2.00 bits per heavy atom. The largest absolute Gasteiger partial charge is 0.496 e. The summed E-state index contributed by atoms with van der Waals surface area (Å²) in [5.41, 5.74) is 1.74. The Labute approximate surface area is 156 Å². The summed E-state index contributed by atoms with van der Waals surface area (Å²) in [6.45, 7) is 2.06. The number of methoxy groups -OCH3 is 1. The number of hydrazine groups is 2. The highest BCUT2D eigenvalue weighted by atomic mass is 32.2. The molecule has 0 spiro atoms. The minimum absolute atomic E-state index is 0.269. The Morgan fingerprint density at radius 1 is 1.27 bits per heavy atom. The lowest BCUT2D eigenvalue weighted by atomic mass is 10.2. The van der Waals surface area contributed by atoms with Gasteiger partial charge in [-0.05, 0) is 36.2 Å². The van der Waals surface area contributed by atoms with E-state index in [4.69, 9.17) is 16.4 Å². The van der Waals surface area contributed by atoms with Crippen molar-refractivity contribution in [2.24, 2.45) is 11.7 Å². The number of urea groups is 1. The molecule has 0 aromatic heterocycles. The van der Waals surface area contributed by atoms with Crippen molar-refractivity contribution in [2.75, 3.05) is 19.2 Å². The molecule has 2 aromatic rings. The Bertz CT molecular complexity index is 786. The predicted octanol–water partition coefficient (Wildman–Crippen LogP) is 3.29. The van der Waals surface area contributed by atoms with Crippen LogP contribution in [0.15, 0.2) is 41.3 Å². The van der Waals surface area contributed by atoms with Crippen LogP contribution in [0.5, 0.6) is 5.75 Å². The molecule has 0 atom stereocenters. The van der Waals surface area contributed by atoms with Crippen LogP contribution in [-0.4, -0.2) is 25.2 Å². The molecule has 0 fully saturated rings. The van der Waals surface area contributed by atoms with Crippen LogP contribution in [-0.2, 0) is 12.2 Å². The first-order chi connectivity index (χ1) is 12.4. The number of amides is 2. The van der Waals surface area contributed by atoms with E-state index in [2.05, 4.69) is 6.92 Å². The Morgan fingerprint density at radius 3 is 2.62 bits per heavy atom. The highest BCUT2D eigenvalue weighted by Crippen LogP contribution is 2.35. The fourth-order valence-corrected chi connectivity index (χ4v) is 3.51. The number of thioether (sulfide) groups is 1. The zero-order chi connectivity index (χ0) is 19.3. The molecule has 0 aliphatic rings. The summed E-state index contributed by atoms with van der Waals surface area (Å²) in [6, 6.07) is 9.68. The van der Waals surface area contributed by atoms with Gasteiger partial charge in [0.2, 0.25) is 0 Å². The normalized spacial score (nSPS) is 10.5. The fraction of sp³-hybridized carbons (Fsp3) is 0.278. The number of nitrogens with zero attached hydrogens (tertiary/aromatic N) is 2. The third-order valence-corrected chi connectivity index (χ3v) is 4.93. The monoisotopic (exact) mass is 378 g/mol. The van der Waals surface area contributed by atoms with Gasteiger partial charge in [0.05, 0.1) is 12.8 Å². The van der Waals surface area contributed by atoms with Crippen molar-refractivity contribution in [3.8, 4) is 5.75 Å². The van der Waals surface area contributed by atoms with Crippen LogP contribution in [0.3, 0.4) is 0 Å². The molecule has 0 aliphatic carbocycles. The molecule has 26 heavy (non-hydrogen) atoms. The minimum Gasteiger partial charge on any atom is -0.496 e. The van der Waals surface area contributed by atoms with Crippen LogP contribution in [0.2, 0.25) is 0 Å². The van der Waals surface area contributed by atoms with Gasteiger partial charge in [0, 0.05) is 23.3 Å². The average molecular weight is 378 g/mol. The first kappa shape index (κ1) is 20.0. The van der Waals surface area contributed by atoms with Crippen LogP contribution in [0.4, 0.5) is 14.9 Å². The standard InChI is InChI=1S/C18H23FN4O2S/c1-4-12-8-9-16(25-3)17(10-12)26-11-13-14(19)6-5-7-15(13)23(21)18(24)22(2)20/h5-10H,4,11,20-21H2,1-3H3. The van der Waals surface area contributed by atoms with E-state index in [-0.39, 0.29) is 11.4 Å². The summed E-state index contributed by atoms with van der Waals surface area (Å²) in [4.78, 5) is 12.9. The molecule has 0 radical (unpaired) electrons. The summed E-state index contributed by atoms with van der Waals surface area (Å²) in [5, 5.41) is 1.69. The van der Waals surface area contributed by atoms with Crippen molar-refractivity contribution in [3.63, 3.8) is 0 Å². The SMILES string of the molecule is CCc1ccc(OC)c(SCc2c(F)cccc2N(N)C(=O)N(C)N)c1. The highest BCUT2D eigenvalue weighted by molar-refractivity contribution is 7.98. The third kappa shape index (κ3) is 4.46. The maximum Gasteiger partial charge on any atom is 0.352 e. The topological polar surface area (TPSA) is 84.8 Å². The van der Waals surface area contributed by atoms with E-state index in [1.54, 1.807) is 13.2 Å². The van der Waals surface area contributed by atoms with Crippen LogP contribution in [0, 0.1) is 5.82 Å². The van der Waals surface area contributed by atoms with E-state index >= 15 is 0 Å². The molecule has 0 bridgehead atoms. The number of rotatable bonds is 6. The molecule has 140 valence electrons. The van der Waals surface area contributed by atoms with Crippen molar-refractivity contribution in [3.05, 3.63) is 53.3 Å². The number of nitrogens with two attached hydrogens (primary N) is 2. The number of benzene rings is 2. The van der Waals surface area contributed by atoms with Crippen molar-refractivity contribution in [2.45, 2.75) is 24.0 Å². The van der Waals surface area contributed by atoms with E-state index in [1.165, 1.54) is 30.9 Å². The molecule has 0 saturated heterocycles. The predicted molar refractivity (Wildman–Crippen MR) is 102 cm³/mol. The molecular formula is C18H23FN4O2S. The van der Waals surface area contributed by atoms with E-state index in [1.807, 2.05) is 18.2 Å². The number of hydrogen-bond acceptors (Lipinski definition) is 5. The van der Waals surface area contributed by atoms with Gasteiger partial charge in [0.1, 0.15) is 11.6 Å². The van der Waals surface area contributed by atoms with Crippen molar-refractivity contribution in [1.82, 2.24) is 5.01 Å². The molecule has 4 N–H and O–H groups in total. The maximum absolute atomic E-state index is 14.4. The van der Waals surface area contributed by atoms with Crippen LogP contribution in [0.1, 0.15) is 18.1 Å². The summed E-state index contributed by atoms with van der Waals surface area (Å²) in [6.07, 6.45) is 0.885. The van der Waals surface area contributed by atoms with Gasteiger partial charge in [0.25, 0.3) is 0 Å². The van der Waals surface area contributed by atoms with E-state index < -0.39 is 11.8 Å². The zero-order valence-electron chi connectivity index (χ0n) is 15.0. The second kappa shape index (κ2) is 8.88. The maximum atomic E-state index is 14.4. The molecule has 8 heteroatoms. The number of anilines is 1. The number of carbonyl (C=O) groups is 1. The van der Waals surface area contributed by atoms with Crippen molar-refractivity contribution >= 4 is 23.5 Å². The summed E-state index contributed by atoms with van der Waals surface area (Å²) in [5.74, 6) is 11.8. The van der Waals surface area contributed by atoms with Gasteiger partial charge in [-0.15, -0.1) is 11.8 Å². The lowest BCUT2D eigenvalue weighted by Gasteiger charge is -2.23. The van der Waals surface area contributed by atoms with Crippen LogP contribution < -0.4 is 21.4 Å². The second-order valence-electron chi connectivity index (χ2n) is 5.63. The van der Waals surface area contributed by atoms with Crippen molar-refractivity contribution in [1.29, 1.82) is 0 Å². The summed E-state index contributed by atoms with van der Waals surface area (Å²) >= 11 is 1.42. The lowest BCUT2D eigenvalue weighted by molar-refractivity contribution is 0.216. The van der Waals surface area contributed by atoms with Crippen LogP contribution in [0.25, 0.3) is 0 Å². The molecule has 0 aliphatic heterocycles. The van der Waals surface area contributed by atoms with E-state index in [0.29, 0.717) is 11.3 Å². The van der Waals surface area contributed by atoms with Crippen molar-refractivity contribution < 1.29 is 13.9 Å². The third-order valence-electron chi connectivity index (χ3n) is 3.87. The first-order valence-electron chi connectivity index (χ1n) is 8.03. The molecule has 0 heterocycles. The minimum atomic E-state index is -0.646. The highest BCUT2D eigenvalue weighted by Gasteiger charge is 2.20. The summed E-state index contributed by atoms with van der Waals surface area (Å²) < 4.78 is 19.8. The number of carbonyl (C=O) groups excluding carboxylic acids is 1. The Kier molecular flexibility index (Phi) is 6.84. The smallest absolute Gasteiger partial charge is 0.352 e. The van der Waals surface area contributed by atoms with Gasteiger partial charge in [-0.2, -0.15) is 0 Å². The van der Waals surface area contributed by atoms with Gasteiger partial charge in [-0.25, -0.2) is 25.9 Å². The molecular weight excluding hydrogens is 355 g/mol. The number of hydrogen-bond donors (Lipinski definition) is 2. The van der Waals surface area contributed by atoms with Crippen LogP contribution >= 0.6 is 11.8 Å². The zero-order valence-corrected chi connectivity index (χ0v) is 15.8. The molecule has 2 rings (SSSR count). The van der Waals surface area contributed by atoms with E-state index in [0.717, 1.165) is 26.9 Å². The Hall–Kier alpha value is -2.29. The molecule has 0 unspecified atom stereocenters. The molecule has 2 aromatic carbocycles. The number of aryl methyl sites for hydroxylation is 1. The van der Waals surface area contributed by atoms with Gasteiger partial charge >= 0.3 is 6.03 Å². The van der Waals surface area contributed by atoms with Gasteiger partial charge < -0.3 is 4.74 Å². The number of halogens is 1. The lowest BCUT2D eigenvalue weighted by Crippen LogP contribution is -2.49. The molecule has 2 amide bonds. The fourth-order valence-electron chi connectivity index (χ4n) is 2.39. The summed E-state index contributed by atoms with van der Waals surface area (Å²) in [7, 11) is 2.97. The molecule has 0 saturated carbocycles. The Balaban J connectivity index is 2.32. The van der Waals surface area contributed by atoms with Gasteiger partial charge in [0.15, 0.2) is 0 Å². The number of ether oxygens (including phenoxy) is 1. The quantitative estimate of drug-likeness (QED) is 0.349. The van der Waals surface area contributed by atoms with Gasteiger partial charge in [-0.3, -0.25) is 5.01 Å². The van der Waals surface area contributed by atoms with E-state index in [9.17, 15) is 9.18 Å². The van der Waals surface area contributed by atoms with Gasteiger partial charge in [-0.1, -0.05) is 19.1 Å².